The Bertz CT molecular complexity index is 1000. The van der Waals surface area contributed by atoms with Gasteiger partial charge in [-0.1, -0.05) is 0 Å². The van der Waals surface area contributed by atoms with E-state index in [0.717, 1.165) is 18.0 Å². The Labute approximate surface area is 156 Å². The number of anilines is 1. The molecule has 2 aromatic rings. The highest BCUT2D eigenvalue weighted by molar-refractivity contribution is 7.92. The van der Waals surface area contributed by atoms with Crippen molar-refractivity contribution in [3.8, 4) is 0 Å². The van der Waals surface area contributed by atoms with Crippen LogP contribution in [0.15, 0.2) is 42.6 Å². The number of aromatic nitrogens is 1. The van der Waals surface area contributed by atoms with E-state index < -0.39 is 28.4 Å². The van der Waals surface area contributed by atoms with Crippen molar-refractivity contribution in [3.63, 3.8) is 0 Å². The highest BCUT2D eigenvalue weighted by Crippen LogP contribution is 2.30. The van der Waals surface area contributed by atoms with Crippen molar-refractivity contribution in [2.75, 3.05) is 23.7 Å². The maximum absolute atomic E-state index is 12.3. The van der Waals surface area contributed by atoms with Crippen molar-refractivity contribution in [2.45, 2.75) is 12.8 Å². The van der Waals surface area contributed by atoms with Gasteiger partial charge in [-0.3, -0.25) is 9.10 Å². The molecule has 1 aromatic carbocycles. The molecule has 2 heterocycles. The van der Waals surface area contributed by atoms with Gasteiger partial charge in [-0.15, -0.1) is 0 Å². The first kappa shape index (κ1) is 18.8. The maximum atomic E-state index is 12.3. The molecule has 0 spiro atoms. The standard InChI is InChI=1S/C18H18N2O6S/c1-27(24,25)20-10-4-5-13-11-14(7-8-15(13)20)17(21)12-26-18(22)16-6-2-3-9-19(16)23/h2-3,6-9,11H,4-5,10,12H2,1H3. The Balaban J connectivity index is 1.73. The number of rotatable bonds is 5. The minimum absolute atomic E-state index is 0.209. The summed E-state index contributed by atoms with van der Waals surface area (Å²) in [7, 11) is -3.38. The second-order valence-electron chi connectivity index (χ2n) is 6.19. The average Bonchev–Trinajstić information content (AvgIpc) is 2.64. The Hall–Kier alpha value is -2.94. The summed E-state index contributed by atoms with van der Waals surface area (Å²) in [6.07, 6.45) is 3.62. The summed E-state index contributed by atoms with van der Waals surface area (Å²) in [4.78, 5) is 24.3. The number of hydrogen-bond donors (Lipinski definition) is 0. The van der Waals surface area contributed by atoms with Gasteiger partial charge in [0.05, 0.1) is 11.9 Å². The van der Waals surface area contributed by atoms with Crippen LogP contribution in [0.4, 0.5) is 5.69 Å². The molecule has 1 aliphatic heterocycles. The van der Waals surface area contributed by atoms with Crippen molar-refractivity contribution in [2.24, 2.45) is 0 Å². The van der Waals surface area contributed by atoms with E-state index in [0.29, 0.717) is 35.4 Å². The van der Waals surface area contributed by atoms with Crippen molar-refractivity contribution in [3.05, 3.63) is 64.6 Å². The summed E-state index contributed by atoms with van der Waals surface area (Å²) < 4.78 is 30.4. The van der Waals surface area contributed by atoms with Gasteiger partial charge in [0.25, 0.3) is 0 Å². The molecule has 3 rings (SSSR count). The lowest BCUT2D eigenvalue weighted by molar-refractivity contribution is -0.608. The Morgan fingerprint density at radius 3 is 2.74 bits per heavy atom. The van der Waals surface area contributed by atoms with Gasteiger partial charge in [-0.2, -0.15) is 4.73 Å². The largest absolute Gasteiger partial charge is 0.618 e. The molecule has 0 aliphatic carbocycles. The molecule has 0 saturated carbocycles. The number of Topliss-reactive ketones (excluding diaryl/α,β-unsaturated/α-hetero) is 1. The third kappa shape index (κ3) is 4.08. The third-order valence-electron chi connectivity index (χ3n) is 4.25. The number of carbonyl (C=O) groups is 2. The van der Waals surface area contributed by atoms with Gasteiger partial charge in [-0.05, 0) is 42.7 Å². The molecule has 0 radical (unpaired) electrons. The first-order chi connectivity index (χ1) is 12.8. The molecule has 1 aliphatic rings. The maximum Gasteiger partial charge on any atom is 0.405 e. The number of aryl methyl sites for hydroxylation is 1. The molecule has 1 aromatic heterocycles. The molecule has 9 heteroatoms. The van der Waals surface area contributed by atoms with E-state index in [1.54, 1.807) is 12.1 Å². The second-order valence-corrected chi connectivity index (χ2v) is 8.10. The van der Waals surface area contributed by atoms with Crippen molar-refractivity contribution in [1.82, 2.24) is 0 Å². The third-order valence-corrected chi connectivity index (χ3v) is 5.43. The van der Waals surface area contributed by atoms with Crippen molar-refractivity contribution < 1.29 is 27.5 Å². The number of carbonyl (C=O) groups excluding carboxylic acids is 2. The fourth-order valence-corrected chi connectivity index (χ4v) is 3.95. The normalized spacial score (nSPS) is 13.7. The average molecular weight is 390 g/mol. The number of nitrogens with zero attached hydrogens (tertiary/aromatic N) is 2. The van der Waals surface area contributed by atoms with E-state index in [1.807, 2.05) is 0 Å². The van der Waals surface area contributed by atoms with Gasteiger partial charge in [0, 0.05) is 24.2 Å². The zero-order chi connectivity index (χ0) is 19.6. The minimum atomic E-state index is -3.38. The van der Waals surface area contributed by atoms with Crippen LogP contribution in [0.2, 0.25) is 0 Å². The number of esters is 1. The van der Waals surface area contributed by atoms with Crippen LogP contribution < -0.4 is 9.04 Å². The lowest BCUT2D eigenvalue weighted by Crippen LogP contribution is -2.35. The molecular weight excluding hydrogens is 372 g/mol. The Morgan fingerprint density at radius 1 is 1.26 bits per heavy atom. The molecule has 0 fully saturated rings. The van der Waals surface area contributed by atoms with E-state index in [4.69, 9.17) is 4.74 Å². The SMILES string of the molecule is CS(=O)(=O)N1CCCc2cc(C(=O)COC(=O)c3cccc[n+]3[O-])ccc21. The number of ketones is 1. The summed E-state index contributed by atoms with van der Waals surface area (Å²) in [6, 6.07) is 9.02. The predicted molar refractivity (Wildman–Crippen MR) is 97.0 cm³/mol. The number of pyridine rings is 1. The topological polar surface area (TPSA) is 108 Å². The van der Waals surface area contributed by atoms with Gasteiger partial charge in [0.15, 0.2) is 18.6 Å². The monoisotopic (exact) mass is 390 g/mol. The van der Waals surface area contributed by atoms with Gasteiger partial charge >= 0.3 is 11.7 Å². The molecule has 0 saturated heterocycles. The molecule has 0 unspecified atom stereocenters. The number of benzene rings is 1. The first-order valence-electron chi connectivity index (χ1n) is 8.26. The van der Waals surface area contributed by atoms with Crippen LogP contribution in [-0.4, -0.2) is 39.6 Å². The van der Waals surface area contributed by atoms with Gasteiger partial charge in [0.1, 0.15) is 0 Å². The van der Waals surface area contributed by atoms with Crippen LogP contribution in [0.25, 0.3) is 0 Å². The Morgan fingerprint density at radius 2 is 2.04 bits per heavy atom. The molecule has 0 amide bonds. The zero-order valence-corrected chi connectivity index (χ0v) is 15.4. The van der Waals surface area contributed by atoms with E-state index in [-0.39, 0.29) is 5.69 Å². The molecule has 0 atom stereocenters. The van der Waals surface area contributed by atoms with Crippen LogP contribution in [0.3, 0.4) is 0 Å². The van der Waals surface area contributed by atoms with Crippen LogP contribution >= 0.6 is 0 Å². The Kier molecular flexibility index (Phi) is 5.13. The van der Waals surface area contributed by atoms with Crippen LogP contribution in [-0.2, 0) is 21.2 Å². The summed E-state index contributed by atoms with van der Waals surface area (Å²) in [5.74, 6) is -1.32. The number of sulfonamides is 1. The molecule has 142 valence electrons. The summed E-state index contributed by atoms with van der Waals surface area (Å²) in [6.45, 7) is -0.106. The number of hydrogen-bond acceptors (Lipinski definition) is 6. The highest BCUT2D eigenvalue weighted by Gasteiger charge is 2.25. The molecule has 27 heavy (non-hydrogen) atoms. The predicted octanol–water partition coefficient (Wildman–Crippen LogP) is 1.07. The molecule has 0 N–H and O–H groups in total. The lowest BCUT2D eigenvalue weighted by Gasteiger charge is -2.29. The van der Waals surface area contributed by atoms with Crippen molar-refractivity contribution in [1.29, 1.82) is 0 Å². The van der Waals surface area contributed by atoms with E-state index in [9.17, 15) is 23.2 Å². The fourth-order valence-electron chi connectivity index (χ4n) is 2.96. The molecule has 0 bridgehead atoms. The van der Waals surface area contributed by atoms with E-state index >= 15 is 0 Å². The number of ether oxygens (including phenoxy) is 1. The number of fused-ring (bicyclic) bond motifs is 1. The van der Waals surface area contributed by atoms with Gasteiger partial charge < -0.3 is 9.94 Å². The van der Waals surface area contributed by atoms with Crippen LogP contribution in [0, 0.1) is 5.21 Å². The molecule has 8 nitrogen and oxygen atoms in total. The summed E-state index contributed by atoms with van der Waals surface area (Å²) >= 11 is 0. The van der Waals surface area contributed by atoms with Crippen molar-refractivity contribution >= 4 is 27.5 Å². The smallest absolute Gasteiger partial charge is 0.405 e. The minimum Gasteiger partial charge on any atom is -0.618 e. The van der Waals surface area contributed by atoms with E-state index in [2.05, 4.69) is 0 Å². The zero-order valence-electron chi connectivity index (χ0n) is 14.6. The van der Waals surface area contributed by atoms with Crippen LogP contribution in [0.5, 0.6) is 0 Å². The van der Waals surface area contributed by atoms with Gasteiger partial charge in [0.2, 0.25) is 10.0 Å². The van der Waals surface area contributed by atoms with Gasteiger partial charge in [-0.25, -0.2) is 13.2 Å². The second kappa shape index (κ2) is 7.36. The first-order valence-corrected chi connectivity index (χ1v) is 10.1. The quantitative estimate of drug-likeness (QED) is 0.327. The lowest BCUT2D eigenvalue weighted by atomic mass is 9.99. The summed E-state index contributed by atoms with van der Waals surface area (Å²) in [5, 5.41) is 11.5. The molecular formula is C18H18N2O6S. The summed E-state index contributed by atoms with van der Waals surface area (Å²) in [5.41, 5.74) is 1.43. The van der Waals surface area contributed by atoms with E-state index in [1.165, 1.54) is 28.6 Å². The fraction of sp³-hybridized carbons (Fsp3) is 0.278. The van der Waals surface area contributed by atoms with Crippen LogP contribution in [0.1, 0.15) is 32.8 Å². The highest BCUT2D eigenvalue weighted by atomic mass is 32.2.